The van der Waals surface area contributed by atoms with Crippen LogP contribution in [0.3, 0.4) is 0 Å². The number of hydrogen-bond donors (Lipinski definition) is 1. The van der Waals surface area contributed by atoms with Gasteiger partial charge < -0.3 is 9.72 Å². The Morgan fingerprint density at radius 2 is 1.82 bits per heavy atom. The number of ether oxygens (including phenoxy) is 1. The molecule has 4 heteroatoms. The van der Waals surface area contributed by atoms with E-state index in [0.29, 0.717) is 0 Å². The summed E-state index contributed by atoms with van der Waals surface area (Å²) in [4.78, 5) is 27.2. The second kappa shape index (κ2) is 5.85. The lowest BCUT2D eigenvalue weighted by Gasteiger charge is -2.04. The molecular weight excluding hydrogens is 278 g/mol. The molecule has 0 aliphatic heterocycles. The number of methoxy groups -OCH3 is 1. The SMILES string of the molecule is COc1ccc(CC(=O)c2cc3ccccc3[nH]c2=O)cc1. The fraction of sp³-hybridized carbons (Fsp3) is 0.111. The van der Waals surface area contributed by atoms with Crippen molar-refractivity contribution in [2.24, 2.45) is 0 Å². The largest absolute Gasteiger partial charge is 0.497 e. The van der Waals surface area contributed by atoms with Crippen LogP contribution in [0.5, 0.6) is 5.75 Å². The molecule has 1 aromatic heterocycles. The van der Waals surface area contributed by atoms with E-state index in [2.05, 4.69) is 4.98 Å². The molecule has 0 bridgehead atoms. The van der Waals surface area contributed by atoms with E-state index in [1.165, 1.54) is 0 Å². The zero-order valence-corrected chi connectivity index (χ0v) is 12.1. The molecule has 0 aliphatic rings. The molecule has 0 saturated heterocycles. The predicted octanol–water partition coefficient (Wildman–Crippen LogP) is 2.96. The van der Waals surface area contributed by atoms with Gasteiger partial charge in [-0.25, -0.2) is 0 Å². The fourth-order valence-corrected chi connectivity index (χ4v) is 2.38. The summed E-state index contributed by atoms with van der Waals surface area (Å²) in [5.74, 6) is 0.539. The number of H-pyrrole nitrogens is 1. The number of carbonyl (C=O) groups is 1. The zero-order valence-electron chi connectivity index (χ0n) is 12.1. The van der Waals surface area contributed by atoms with Crippen molar-refractivity contribution in [3.05, 3.63) is 76.1 Å². The summed E-state index contributed by atoms with van der Waals surface area (Å²) in [6, 6.07) is 16.3. The Labute approximate surface area is 127 Å². The van der Waals surface area contributed by atoms with E-state index < -0.39 is 0 Å². The number of fused-ring (bicyclic) bond motifs is 1. The van der Waals surface area contributed by atoms with Gasteiger partial charge in [-0.2, -0.15) is 0 Å². The number of carbonyl (C=O) groups excluding carboxylic acids is 1. The molecule has 0 saturated carbocycles. The Hall–Kier alpha value is -2.88. The van der Waals surface area contributed by atoms with Crippen molar-refractivity contribution in [3.8, 4) is 5.75 Å². The molecule has 0 atom stereocenters. The Bertz CT molecular complexity index is 879. The number of hydrogen-bond acceptors (Lipinski definition) is 3. The Morgan fingerprint density at radius 1 is 1.09 bits per heavy atom. The molecule has 0 amide bonds. The van der Waals surface area contributed by atoms with Crippen molar-refractivity contribution >= 4 is 16.7 Å². The van der Waals surface area contributed by atoms with Crippen molar-refractivity contribution in [2.45, 2.75) is 6.42 Å². The van der Waals surface area contributed by atoms with Gasteiger partial charge in [0.1, 0.15) is 5.75 Å². The van der Waals surface area contributed by atoms with Gasteiger partial charge >= 0.3 is 0 Å². The minimum absolute atomic E-state index is 0.186. The van der Waals surface area contributed by atoms with E-state index in [4.69, 9.17) is 4.74 Å². The quantitative estimate of drug-likeness (QED) is 0.752. The molecule has 0 spiro atoms. The van der Waals surface area contributed by atoms with Gasteiger partial charge in [0, 0.05) is 11.9 Å². The maximum Gasteiger partial charge on any atom is 0.259 e. The fourth-order valence-electron chi connectivity index (χ4n) is 2.38. The number of nitrogens with one attached hydrogen (secondary N) is 1. The minimum Gasteiger partial charge on any atom is -0.497 e. The molecule has 4 nitrogen and oxygen atoms in total. The van der Waals surface area contributed by atoms with Crippen LogP contribution in [0.1, 0.15) is 15.9 Å². The maximum absolute atomic E-state index is 12.4. The number of aromatic nitrogens is 1. The number of para-hydroxylation sites is 1. The molecule has 1 heterocycles. The molecule has 2 aromatic carbocycles. The maximum atomic E-state index is 12.4. The smallest absolute Gasteiger partial charge is 0.259 e. The van der Waals surface area contributed by atoms with Gasteiger partial charge in [0.05, 0.1) is 12.7 Å². The summed E-state index contributed by atoms with van der Waals surface area (Å²) in [6.45, 7) is 0. The standard InChI is InChI=1S/C18H15NO3/c1-22-14-8-6-12(7-9-14)10-17(20)15-11-13-4-2-3-5-16(13)19-18(15)21/h2-9,11H,10H2,1H3,(H,19,21). The van der Waals surface area contributed by atoms with Gasteiger partial charge in [0.2, 0.25) is 0 Å². The molecule has 110 valence electrons. The van der Waals surface area contributed by atoms with Crippen LogP contribution in [-0.4, -0.2) is 17.9 Å². The highest BCUT2D eigenvalue weighted by molar-refractivity contribution is 5.99. The van der Waals surface area contributed by atoms with Crippen molar-refractivity contribution in [1.29, 1.82) is 0 Å². The summed E-state index contributed by atoms with van der Waals surface area (Å²) in [7, 11) is 1.59. The van der Waals surface area contributed by atoms with Gasteiger partial charge in [0.25, 0.3) is 5.56 Å². The number of benzene rings is 2. The van der Waals surface area contributed by atoms with Crippen LogP contribution < -0.4 is 10.3 Å². The van der Waals surface area contributed by atoms with Crippen LogP contribution in [0, 0.1) is 0 Å². The third-order valence-electron chi connectivity index (χ3n) is 3.58. The Balaban J connectivity index is 1.91. The van der Waals surface area contributed by atoms with Gasteiger partial charge in [0.15, 0.2) is 5.78 Å². The number of pyridine rings is 1. The van der Waals surface area contributed by atoms with Crippen molar-refractivity contribution in [1.82, 2.24) is 4.98 Å². The molecule has 3 rings (SSSR count). The Kier molecular flexibility index (Phi) is 3.74. The lowest BCUT2D eigenvalue weighted by atomic mass is 10.0. The summed E-state index contributed by atoms with van der Waals surface area (Å²) in [5.41, 5.74) is 1.42. The van der Waals surface area contributed by atoms with Gasteiger partial charge in [-0.3, -0.25) is 9.59 Å². The van der Waals surface area contributed by atoms with Gasteiger partial charge in [-0.15, -0.1) is 0 Å². The summed E-state index contributed by atoms with van der Waals surface area (Å²) in [5, 5.41) is 0.847. The topological polar surface area (TPSA) is 59.2 Å². The molecule has 3 aromatic rings. The number of ketones is 1. The zero-order chi connectivity index (χ0) is 15.5. The van der Waals surface area contributed by atoms with Crippen LogP contribution in [-0.2, 0) is 6.42 Å². The van der Waals surface area contributed by atoms with E-state index >= 15 is 0 Å². The second-order valence-electron chi connectivity index (χ2n) is 5.05. The first-order chi connectivity index (χ1) is 10.7. The first kappa shape index (κ1) is 14.1. The van der Waals surface area contributed by atoms with Crippen LogP contribution >= 0.6 is 0 Å². The van der Waals surface area contributed by atoms with Crippen LogP contribution in [0.25, 0.3) is 10.9 Å². The van der Waals surface area contributed by atoms with Crippen molar-refractivity contribution in [3.63, 3.8) is 0 Å². The third kappa shape index (κ3) is 2.76. The molecular formula is C18H15NO3. The number of Topliss-reactive ketones (excluding diaryl/α,β-unsaturated/α-hetero) is 1. The highest BCUT2D eigenvalue weighted by Crippen LogP contribution is 2.14. The van der Waals surface area contributed by atoms with E-state index in [9.17, 15) is 9.59 Å². The third-order valence-corrected chi connectivity index (χ3v) is 3.58. The Morgan fingerprint density at radius 3 is 2.55 bits per heavy atom. The summed E-state index contributed by atoms with van der Waals surface area (Å²) >= 11 is 0. The van der Waals surface area contributed by atoms with Crippen molar-refractivity contribution < 1.29 is 9.53 Å². The molecule has 1 N–H and O–H groups in total. The molecule has 0 aliphatic carbocycles. The molecule has 0 fully saturated rings. The van der Waals surface area contributed by atoms with E-state index in [1.54, 1.807) is 25.3 Å². The summed E-state index contributed by atoms with van der Waals surface area (Å²) < 4.78 is 5.09. The predicted molar refractivity (Wildman–Crippen MR) is 85.6 cm³/mol. The van der Waals surface area contributed by atoms with E-state index in [0.717, 1.165) is 22.2 Å². The van der Waals surface area contributed by atoms with Gasteiger partial charge in [-0.1, -0.05) is 30.3 Å². The average molecular weight is 293 g/mol. The molecule has 0 radical (unpaired) electrons. The summed E-state index contributed by atoms with van der Waals surface area (Å²) in [6.07, 6.45) is 0.186. The van der Waals surface area contributed by atoms with Crippen molar-refractivity contribution in [2.75, 3.05) is 7.11 Å². The highest BCUT2D eigenvalue weighted by Gasteiger charge is 2.12. The monoisotopic (exact) mass is 293 g/mol. The lowest BCUT2D eigenvalue weighted by Crippen LogP contribution is -2.19. The highest BCUT2D eigenvalue weighted by atomic mass is 16.5. The van der Waals surface area contributed by atoms with Crippen LogP contribution in [0.15, 0.2) is 59.4 Å². The van der Waals surface area contributed by atoms with E-state index in [-0.39, 0.29) is 23.3 Å². The molecule has 0 unspecified atom stereocenters. The number of aromatic amines is 1. The minimum atomic E-state index is -0.350. The average Bonchev–Trinajstić information content (AvgIpc) is 2.54. The second-order valence-corrected chi connectivity index (χ2v) is 5.05. The lowest BCUT2D eigenvalue weighted by molar-refractivity contribution is 0.0991. The number of rotatable bonds is 4. The van der Waals surface area contributed by atoms with Gasteiger partial charge in [-0.05, 0) is 35.2 Å². The van der Waals surface area contributed by atoms with E-state index in [1.807, 2.05) is 36.4 Å². The first-order valence-corrected chi connectivity index (χ1v) is 6.95. The molecule has 22 heavy (non-hydrogen) atoms. The van der Waals surface area contributed by atoms with Crippen LogP contribution in [0.4, 0.5) is 0 Å². The first-order valence-electron chi connectivity index (χ1n) is 6.95. The van der Waals surface area contributed by atoms with Crippen LogP contribution in [0.2, 0.25) is 0 Å². The normalized spacial score (nSPS) is 10.6.